The molecule has 0 fully saturated rings. The SMILES string of the molecule is CCNCc1cc(Br)ccc1OC(C)CCOC. The number of benzene rings is 1. The Labute approximate surface area is 118 Å². The Morgan fingerprint density at radius 2 is 2.17 bits per heavy atom. The van der Waals surface area contributed by atoms with Crippen LogP contribution < -0.4 is 10.1 Å². The minimum Gasteiger partial charge on any atom is -0.490 e. The van der Waals surface area contributed by atoms with Gasteiger partial charge in [0.2, 0.25) is 0 Å². The van der Waals surface area contributed by atoms with Gasteiger partial charge in [-0.1, -0.05) is 22.9 Å². The summed E-state index contributed by atoms with van der Waals surface area (Å²) in [5.74, 6) is 0.947. The van der Waals surface area contributed by atoms with Crippen molar-refractivity contribution in [1.29, 1.82) is 0 Å². The molecule has 1 aromatic carbocycles. The fourth-order valence-electron chi connectivity index (χ4n) is 1.62. The lowest BCUT2D eigenvalue weighted by Crippen LogP contribution is -2.17. The molecule has 0 aliphatic rings. The van der Waals surface area contributed by atoms with Crippen LogP contribution in [0.4, 0.5) is 0 Å². The van der Waals surface area contributed by atoms with Crippen LogP contribution in [-0.2, 0) is 11.3 Å². The van der Waals surface area contributed by atoms with Gasteiger partial charge in [0.05, 0.1) is 6.10 Å². The van der Waals surface area contributed by atoms with Crippen LogP contribution >= 0.6 is 15.9 Å². The normalized spacial score (nSPS) is 12.4. The second-order valence-corrected chi connectivity index (χ2v) is 5.16. The van der Waals surface area contributed by atoms with E-state index in [-0.39, 0.29) is 6.10 Å². The highest BCUT2D eigenvalue weighted by Crippen LogP contribution is 2.24. The average Bonchev–Trinajstić information content (AvgIpc) is 2.36. The van der Waals surface area contributed by atoms with Crippen molar-refractivity contribution in [3.8, 4) is 5.75 Å². The van der Waals surface area contributed by atoms with Crippen LogP contribution in [0.3, 0.4) is 0 Å². The molecule has 0 saturated heterocycles. The molecule has 4 heteroatoms. The Morgan fingerprint density at radius 3 is 2.83 bits per heavy atom. The maximum atomic E-state index is 5.96. The van der Waals surface area contributed by atoms with Crippen molar-refractivity contribution >= 4 is 15.9 Å². The summed E-state index contributed by atoms with van der Waals surface area (Å²) < 4.78 is 12.1. The molecule has 18 heavy (non-hydrogen) atoms. The van der Waals surface area contributed by atoms with Gasteiger partial charge >= 0.3 is 0 Å². The van der Waals surface area contributed by atoms with E-state index in [0.717, 1.165) is 36.3 Å². The van der Waals surface area contributed by atoms with E-state index < -0.39 is 0 Å². The summed E-state index contributed by atoms with van der Waals surface area (Å²) in [6, 6.07) is 6.12. The molecule has 0 radical (unpaired) electrons. The predicted molar refractivity (Wildman–Crippen MR) is 78.1 cm³/mol. The van der Waals surface area contributed by atoms with Crippen molar-refractivity contribution in [3.05, 3.63) is 28.2 Å². The van der Waals surface area contributed by atoms with Gasteiger partial charge in [0.1, 0.15) is 5.75 Å². The van der Waals surface area contributed by atoms with Gasteiger partial charge in [-0.15, -0.1) is 0 Å². The van der Waals surface area contributed by atoms with Crippen molar-refractivity contribution < 1.29 is 9.47 Å². The zero-order chi connectivity index (χ0) is 13.4. The number of rotatable bonds is 8. The first-order valence-electron chi connectivity index (χ1n) is 6.32. The number of ether oxygens (including phenoxy) is 2. The van der Waals surface area contributed by atoms with E-state index in [0.29, 0.717) is 0 Å². The van der Waals surface area contributed by atoms with Crippen LogP contribution in [0.1, 0.15) is 25.8 Å². The van der Waals surface area contributed by atoms with Gasteiger partial charge in [0, 0.05) is 36.7 Å². The van der Waals surface area contributed by atoms with Crippen LogP contribution in [0, 0.1) is 0 Å². The number of hydrogen-bond donors (Lipinski definition) is 1. The molecule has 1 atom stereocenters. The zero-order valence-electron chi connectivity index (χ0n) is 11.3. The molecule has 102 valence electrons. The standard InChI is InChI=1S/C14H22BrNO2/c1-4-16-10-12-9-13(15)5-6-14(12)18-11(2)7-8-17-3/h5-6,9,11,16H,4,7-8,10H2,1-3H3. The van der Waals surface area contributed by atoms with E-state index in [1.807, 2.05) is 12.1 Å². The molecule has 0 saturated carbocycles. The summed E-state index contributed by atoms with van der Waals surface area (Å²) >= 11 is 3.49. The third-order valence-corrected chi connectivity index (χ3v) is 3.14. The van der Waals surface area contributed by atoms with Gasteiger partial charge in [-0.05, 0) is 31.7 Å². The Kier molecular flexibility index (Phi) is 7.32. The summed E-state index contributed by atoms with van der Waals surface area (Å²) in [7, 11) is 1.71. The molecular weight excluding hydrogens is 294 g/mol. The van der Waals surface area contributed by atoms with E-state index in [4.69, 9.17) is 9.47 Å². The average molecular weight is 316 g/mol. The molecule has 0 spiro atoms. The van der Waals surface area contributed by atoms with Crippen molar-refractivity contribution in [2.45, 2.75) is 32.9 Å². The first-order chi connectivity index (χ1) is 8.67. The molecule has 0 bridgehead atoms. The van der Waals surface area contributed by atoms with E-state index in [1.165, 1.54) is 5.56 Å². The van der Waals surface area contributed by atoms with Crippen LogP contribution in [0.25, 0.3) is 0 Å². The fraction of sp³-hybridized carbons (Fsp3) is 0.571. The van der Waals surface area contributed by atoms with Crippen molar-refractivity contribution in [1.82, 2.24) is 5.32 Å². The maximum Gasteiger partial charge on any atom is 0.124 e. The van der Waals surface area contributed by atoms with Crippen molar-refractivity contribution in [2.24, 2.45) is 0 Å². The van der Waals surface area contributed by atoms with Crippen LogP contribution in [-0.4, -0.2) is 26.4 Å². The molecule has 0 aliphatic heterocycles. The largest absolute Gasteiger partial charge is 0.490 e. The Morgan fingerprint density at radius 1 is 1.39 bits per heavy atom. The Bertz CT molecular complexity index is 358. The zero-order valence-corrected chi connectivity index (χ0v) is 12.9. The van der Waals surface area contributed by atoms with Gasteiger partial charge in [-0.3, -0.25) is 0 Å². The third-order valence-electron chi connectivity index (χ3n) is 2.64. The highest BCUT2D eigenvalue weighted by molar-refractivity contribution is 9.10. The molecule has 0 heterocycles. The smallest absolute Gasteiger partial charge is 0.124 e. The minimum absolute atomic E-state index is 0.159. The molecule has 1 N–H and O–H groups in total. The number of halogens is 1. The Hall–Kier alpha value is -0.580. The summed E-state index contributed by atoms with van der Waals surface area (Å²) in [6.07, 6.45) is 1.05. The minimum atomic E-state index is 0.159. The monoisotopic (exact) mass is 315 g/mol. The van der Waals surface area contributed by atoms with Gasteiger partial charge in [-0.2, -0.15) is 0 Å². The molecule has 0 amide bonds. The quantitative estimate of drug-likeness (QED) is 0.798. The van der Waals surface area contributed by atoms with Gasteiger partial charge in [0.15, 0.2) is 0 Å². The van der Waals surface area contributed by atoms with Gasteiger partial charge < -0.3 is 14.8 Å². The summed E-state index contributed by atoms with van der Waals surface area (Å²) in [5.41, 5.74) is 1.18. The van der Waals surface area contributed by atoms with Gasteiger partial charge in [0.25, 0.3) is 0 Å². The molecular formula is C14H22BrNO2. The van der Waals surface area contributed by atoms with Crippen LogP contribution in [0.5, 0.6) is 5.75 Å². The number of methoxy groups -OCH3 is 1. The maximum absolute atomic E-state index is 5.96. The molecule has 0 aliphatic carbocycles. The second-order valence-electron chi connectivity index (χ2n) is 4.24. The van der Waals surface area contributed by atoms with E-state index in [9.17, 15) is 0 Å². The predicted octanol–water partition coefficient (Wildman–Crippen LogP) is 3.36. The summed E-state index contributed by atoms with van der Waals surface area (Å²) in [5, 5.41) is 3.32. The van der Waals surface area contributed by atoms with E-state index in [2.05, 4.69) is 41.2 Å². The molecule has 3 nitrogen and oxygen atoms in total. The van der Waals surface area contributed by atoms with Gasteiger partial charge in [-0.25, -0.2) is 0 Å². The third kappa shape index (κ3) is 5.38. The lowest BCUT2D eigenvalue weighted by atomic mass is 10.2. The number of nitrogens with one attached hydrogen (secondary N) is 1. The van der Waals surface area contributed by atoms with Crippen LogP contribution in [0.15, 0.2) is 22.7 Å². The molecule has 0 aromatic heterocycles. The second kappa shape index (κ2) is 8.51. The van der Waals surface area contributed by atoms with E-state index in [1.54, 1.807) is 7.11 Å². The van der Waals surface area contributed by atoms with Crippen molar-refractivity contribution in [3.63, 3.8) is 0 Å². The lowest BCUT2D eigenvalue weighted by molar-refractivity contribution is 0.134. The molecule has 1 rings (SSSR count). The first kappa shape index (κ1) is 15.5. The molecule has 1 aromatic rings. The summed E-state index contributed by atoms with van der Waals surface area (Å²) in [4.78, 5) is 0. The van der Waals surface area contributed by atoms with Crippen LogP contribution in [0.2, 0.25) is 0 Å². The lowest BCUT2D eigenvalue weighted by Gasteiger charge is -2.17. The first-order valence-corrected chi connectivity index (χ1v) is 7.11. The Balaban J connectivity index is 2.67. The van der Waals surface area contributed by atoms with Crippen molar-refractivity contribution in [2.75, 3.05) is 20.3 Å². The number of hydrogen-bond acceptors (Lipinski definition) is 3. The van der Waals surface area contributed by atoms with E-state index >= 15 is 0 Å². The highest BCUT2D eigenvalue weighted by Gasteiger charge is 2.08. The topological polar surface area (TPSA) is 30.5 Å². The summed E-state index contributed by atoms with van der Waals surface area (Å²) in [6.45, 7) is 6.66. The molecule has 1 unspecified atom stereocenters. The highest BCUT2D eigenvalue weighted by atomic mass is 79.9. The fourth-order valence-corrected chi connectivity index (χ4v) is 2.03.